The van der Waals surface area contributed by atoms with Crippen LogP contribution in [0.25, 0.3) is 0 Å². The number of esters is 1. The normalized spacial score (nSPS) is 12.4. The quantitative estimate of drug-likeness (QED) is 0.839. The maximum atomic E-state index is 12.2. The van der Waals surface area contributed by atoms with Crippen molar-refractivity contribution in [3.8, 4) is 0 Å². The molecule has 0 atom stereocenters. The molecule has 1 aliphatic rings. The third-order valence-electron chi connectivity index (χ3n) is 3.97. The number of benzene rings is 2. The molecule has 25 heavy (non-hydrogen) atoms. The zero-order valence-corrected chi connectivity index (χ0v) is 13.6. The first-order valence-corrected chi connectivity index (χ1v) is 8.02. The second-order valence-electron chi connectivity index (χ2n) is 5.63. The van der Waals surface area contributed by atoms with E-state index in [2.05, 4.69) is 5.32 Å². The zero-order valence-electron chi connectivity index (χ0n) is 13.6. The van der Waals surface area contributed by atoms with Crippen molar-refractivity contribution in [1.29, 1.82) is 0 Å². The summed E-state index contributed by atoms with van der Waals surface area (Å²) in [7, 11) is 0. The minimum Gasteiger partial charge on any atom is -0.454 e. The summed E-state index contributed by atoms with van der Waals surface area (Å²) in [5.41, 5.74) is 2.43. The van der Waals surface area contributed by atoms with E-state index in [0.29, 0.717) is 12.1 Å². The maximum Gasteiger partial charge on any atom is 0.325 e. The fraction of sp³-hybridized carbons (Fsp3) is 0.211. The number of carbonyl (C=O) groups excluding carboxylic acids is 3. The van der Waals surface area contributed by atoms with Crippen LogP contribution in [0.3, 0.4) is 0 Å². The molecule has 0 radical (unpaired) electrons. The van der Waals surface area contributed by atoms with Gasteiger partial charge in [-0.25, -0.2) is 0 Å². The number of amides is 2. The highest BCUT2D eigenvalue weighted by Gasteiger charge is 2.24. The van der Waals surface area contributed by atoms with Gasteiger partial charge in [0.15, 0.2) is 6.61 Å². The average Bonchev–Trinajstić information content (AvgIpc) is 3.09. The number of ether oxygens (including phenoxy) is 1. The van der Waals surface area contributed by atoms with E-state index in [0.717, 1.165) is 17.7 Å². The van der Waals surface area contributed by atoms with Crippen LogP contribution in [-0.4, -0.2) is 37.5 Å². The number of fused-ring (bicyclic) bond motifs is 1. The molecule has 0 saturated heterocycles. The lowest BCUT2D eigenvalue weighted by Crippen LogP contribution is -2.35. The summed E-state index contributed by atoms with van der Waals surface area (Å²) < 4.78 is 4.97. The summed E-state index contributed by atoms with van der Waals surface area (Å²) in [6.45, 7) is -0.0353. The van der Waals surface area contributed by atoms with Crippen LogP contribution in [0.1, 0.15) is 15.9 Å². The van der Waals surface area contributed by atoms with E-state index < -0.39 is 5.97 Å². The molecule has 2 aromatic rings. The second kappa shape index (κ2) is 7.61. The molecule has 6 nitrogen and oxygen atoms in total. The molecular formula is C19H18N2O4. The number of hydrogen-bond acceptors (Lipinski definition) is 4. The Morgan fingerprint density at radius 1 is 1.00 bits per heavy atom. The SMILES string of the molecule is O=C(CNC(=O)c1ccccc1)OCC(=O)N1CCc2ccccc21. The summed E-state index contributed by atoms with van der Waals surface area (Å²) >= 11 is 0. The molecule has 128 valence electrons. The summed E-state index contributed by atoms with van der Waals surface area (Å²) in [4.78, 5) is 37.4. The Morgan fingerprint density at radius 3 is 2.52 bits per heavy atom. The Bertz CT molecular complexity index is 789. The van der Waals surface area contributed by atoms with E-state index in [1.165, 1.54) is 0 Å². The molecule has 1 heterocycles. The van der Waals surface area contributed by atoms with Crippen LogP contribution in [0.15, 0.2) is 54.6 Å². The molecule has 2 amide bonds. The maximum absolute atomic E-state index is 12.2. The van der Waals surface area contributed by atoms with Crippen LogP contribution in [0.5, 0.6) is 0 Å². The molecule has 3 rings (SSSR count). The number of carbonyl (C=O) groups is 3. The third-order valence-corrected chi connectivity index (χ3v) is 3.97. The molecule has 0 fully saturated rings. The van der Waals surface area contributed by atoms with Crippen LogP contribution < -0.4 is 10.2 Å². The summed E-state index contributed by atoms with van der Waals surface area (Å²) in [5.74, 6) is -1.28. The standard InChI is InChI=1S/C19H18N2O4/c22-17(21-11-10-14-6-4-5-9-16(14)21)13-25-18(23)12-20-19(24)15-7-2-1-3-8-15/h1-9H,10-13H2,(H,20,24). The first-order valence-electron chi connectivity index (χ1n) is 8.02. The molecule has 0 aromatic heterocycles. The molecule has 0 aliphatic carbocycles. The van der Waals surface area contributed by atoms with Crippen LogP contribution in [-0.2, 0) is 20.7 Å². The summed E-state index contributed by atoms with van der Waals surface area (Å²) in [5, 5.41) is 2.47. The number of hydrogen-bond donors (Lipinski definition) is 1. The van der Waals surface area contributed by atoms with E-state index in [4.69, 9.17) is 4.74 Å². The Morgan fingerprint density at radius 2 is 1.72 bits per heavy atom. The van der Waals surface area contributed by atoms with Crippen LogP contribution >= 0.6 is 0 Å². The minimum absolute atomic E-state index is 0.271. The topological polar surface area (TPSA) is 75.7 Å². The lowest BCUT2D eigenvalue weighted by Gasteiger charge is -2.17. The van der Waals surface area contributed by atoms with Gasteiger partial charge in [0.05, 0.1) is 0 Å². The van der Waals surface area contributed by atoms with Gasteiger partial charge in [-0.05, 0) is 30.2 Å². The molecule has 1 aliphatic heterocycles. The number of anilines is 1. The van der Waals surface area contributed by atoms with Crippen molar-refractivity contribution in [2.24, 2.45) is 0 Å². The predicted molar refractivity (Wildman–Crippen MR) is 92.2 cm³/mol. The summed E-state index contributed by atoms with van der Waals surface area (Å²) in [6.07, 6.45) is 0.795. The van der Waals surface area contributed by atoms with Crippen molar-refractivity contribution in [2.75, 3.05) is 24.6 Å². The van der Waals surface area contributed by atoms with Gasteiger partial charge in [-0.15, -0.1) is 0 Å². The first-order chi connectivity index (χ1) is 12.1. The van der Waals surface area contributed by atoms with Gasteiger partial charge in [-0.1, -0.05) is 36.4 Å². The first kappa shape index (κ1) is 16.7. The van der Waals surface area contributed by atoms with Crippen molar-refractivity contribution in [2.45, 2.75) is 6.42 Å². The molecule has 1 N–H and O–H groups in total. The van der Waals surface area contributed by atoms with E-state index in [9.17, 15) is 14.4 Å². The van der Waals surface area contributed by atoms with Gasteiger partial charge in [0.1, 0.15) is 6.54 Å². The van der Waals surface area contributed by atoms with Gasteiger partial charge in [0.2, 0.25) is 0 Å². The Kier molecular flexibility index (Phi) is 5.09. The molecule has 0 spiro atoms. The van der Waals surface area contributed by atoms with E-state index in [1.54, 1.807) is 35.2 Å². The second-order valence-corrected chi connectivity index (χ2v) is 5.63. The molecule has 2 aromatic carbocycles. The van der Waals surface area contributed by atoms with Crippen LogP contribution in [0.2, 0.25) is 0 Å². The summed E-state index contributed by atoms with van der Waals surface area (Å²) in [6, 6.07) is 16.2. The largest absolute Gasteiger partial charge is 0.454 e. The smallest absolute Gasteiger partial charge is 0.325 e. The van der Waals surface area contributed by atoms with E-state index in [-0.39, 0.29) is 25.0 Å². The fourth-order valence-corrected chi connectivity index (χ4v) is 2.71. The highest BCUT2D eigenvalue weighted by atomic mass is 16.5. The van der Waals surface area contributed by atoms with Gasteiger partial charge in [-0.3, -0.25) is 14.4 Å². The zero-order chi connectivity index (χ0) is 17.6. The van der Waals surface area contributed by atoms with Gasteiger partial charge < -0.3 is 15.0 Å². The van der Waals surface area contributed by atoms with E-state index in [1.807, 2.05) is 24.3 Å². The van der Waals surface area contributed by atoms with Crippen molar-refractivity contribution >= 4 is 23.5 Å². The number of para-hydroxylation sites is 1. The number of nitrogens with zero attached hydrogens (tertiary/aromatic N) is 1. The molecule has 0 unspecified atom stereocenters. The molecule has 0 saturated carbocycles. The Labute approximate surface area is 145 Å². The van der Waals surface area contributed by atoms with Gasteiger partial charge >= 0.3 is 5.97 Å². The van der Waals surface area contributed by atoms with Crippen molar-refractivity contribution < 1.29 is 19.1 Å². The fourth-order valence-electron chi connectivity index (χ4n) is 2.71. The van der Waals surface area contributed by atoms with Crippen LogP contribution in [0.4, 0.5) is 5.69 Å². The van der Waals surface area contributed by atoms with Gasteiger partial charge in [0.25, 0.3) is 11.8 Å². The number of nitrogens with one attached hydrogen (secondary N) is 1. The minimum atomic E-state index is -0.648. The molecular weight excluding hydrogens is 320 g/mol. The monoisotopic (exact) mass is 338 g/mol. The Hall–Kier alpha value is -3.15. The van der Waals surface area contributed by atoms with E-state index >= 15 is 0 Å². The highest BCUT2D eigenvalue weighted by molar-refractivity contribution is 5.98. The van der Waals surface area contributed by atoms with Crippen molar-refractivity contribution in [3.05, 3.63) is 65.7 Å². The van der Waals surface area contributed by atoms with Gasteiger partial charge in [0, 0.05) is 17.8 Å². The molecule has 6 heteroatoms. The predicted octanol–water partition coefficient (Wildman–Crippen LogP) is 1.55. The van der Waals surface area contributed by atoms with Crippen LogP contribution in [0, 0.1) is 0 Å². The van der Waals surface area contributed by atoms with Crippen molar-refractivity contribution in [3.63, 3.8) is 0 Å². The lowest BCUT2D eigenvalue weighted by atomic mass is 10.2. The molecule has 0 bridgehead atoms. The number of rotatable bonds is 5. The Balaban J connectivity index is 1.45. The average molecular weight is 338 g/mol. The van der Waals surface area contributed by atoms with Crippen molar-refractivity contribution in [1.82, 2.24) is 5.32 Å². The lowest BCUT2D eigenvalue weighted by molar-refractivity contribution is -0.146. The highest BCUT2D eigenvalue weighted by Crippen LogP contribution is 2.27. The van der Waals surface area contributed by atoms with Gasteiger partial charge in [-0.2, -0.15) is 0 Å². The third kappa shape index (κ3) is 4.03.